The van der Waals surface area contributed by atoms with E-state index in [-0.39, 0.29) is 12.5 Å². The van der Waals surface area contributed by atoms with Gasteiger partial charge in [0.05, 0.1) is 18.8 Å². The molecule has 0 bridgehead atoms. The van der Waals surface area contributed by atoms with E-state index in [1.165, 1.54) is 250 Å². The van der Waals surface area contributed by atoms with Crippen LogP contribution >= 0.6 is 0 Å². The maximum atomic E-state index is 12.4. The summed E-state index contributed by atoms with van der Waals surface area (Å²) in [7, 11) is 0. The van der Waals surface area contributed by atoms with Gasteiger partial charge in [0, 0.05) is 6.42 Å². The minimum Gasteiger partial charge on any atom is -0.394 e. The monoisotopic (exact) mass is 830 g/mol. The van der Waals surface area contributed by atoms with E-state index in [4.69, 9.17) is 0 Å². The van der Waals surface area contributed by atoms with E-state index in [2.05, 4.69) is 31.3 Å². The Morgan fingerprint density at radius 1 is 0.390 bits per heavy atom. The van der Waals surface area contributed by atoms with Crippen molar-refractivity contribution in [2.45, 2.75) is 315 Å². The van der Waals surface area contributed by atoms with Crippen LogP contribution in [-0.2, 0) is 4.79 Å². The number of hydrogen-bond donors (Lipinski definition) is 3. The largest absolute Gasteiger partial charge is 0.394 e. The van der Waals surface area contributed by atoms with E-state index in [0.29, 0.717) is 6.42 Å². The molecule has 1 amide bonds. The molecule has 0 saturated heterocycles. The molecule has 0 fully saturated rings. The summed E-state index contributed by atoms with van der Waals surface area (Å²) >= 11 is 0. The van der Waals surface area contributed by atoms with Crippen LogP contribution in [0, 0.1) is 0 Å². The molecule has 0 saturated carbocycles. The topological polar surface area (TPSA) is 69.6 Å². The first-order valence-corrected chi connectivity index (χ1v) is 27.1. The lowest BCUT2D eigenvalue weighted by molar-refractivity contribution is -0.123. The Bertz CT molecular complexity index is 855. The van der Waals surface area contributed by atoms with Gasteiger partial charge < -0.3 is 15.5 Å². The molecule has 59 heavy (non-hydrogen) atoms. The van der Waals surface area contributed by atoms with Crippen LogP contribution in [0.5, 0.6) is 0 Å². The van der Waals surface area contributed by atoms with Crippen LogP contribution in [0.25, 0.3) is 0 Å². The van der Waals surface area contributed by atoms with E-state index < -0.39 is 12.1 Å². The van der Waals surface area contributed by atoms with Crippen molar-refractivity contribution >= 4 is 5.91 Å². The lowest BCUT2D eigenvalue weighted by Gasteiger charge is -2.19. The highest BCUT2D eigenvalue weighted by Gasteiger charge is 2.18. The summed E-state index contributed by atoms with van der Waals surface area (Å²) in [5.41, 5.74) is 0. The lowest BCUT2D eigenvalue weighted by Crippen LogP contribution is -2.45. The van der Waals surface area contributed by atoms with Gasteiger partial charge in [-0.05, 0) is 32.1 Å². The van der Waals surface area contributed by atoms with Gasteiger partial charge in [0.2, 0.25) is 5.91 Å². The standard InChI is InChI=1S/C55H107NO3/c1-3-5-7-9-11-13-15-16-17-18-19-20-21-22-23-24-25-26-27-28-29-30-31-32-33-34-35-36-37-38-39-40-41-43-45-47-49-51-55(59)56-53(52-57)54(58)50-48-46-44-42-14-12-10-8-6-4-2/h14,42,48,50,53-54,57-58H,3-13,15-41,43-47,49,51-52H2,1-2H3,(H,56,59)/b42-14+,50-48+. The predicted molar refractivity (Wildman–Crippen MR) is 262 cm³/mol. The minimum atomic E-state index is -0.857. The second kappa shape index (κ2) is 51.2. The van der Waals surface area contributed by atoms with E-state index in [9.17, 15) is 15.0 Å². The molecule has 0 radical (unpaired) electrons. The number of rotatable bonds is 50. The second-order valence-electron chi connectivity index (χ2n) is 18.7. The van der Waals surface area contributed by atoms with Gasteiger partial charge in [-0.15, -0.1) is 0 Å². The fourth-order valence-electron chi connectivity index (χ4n) is 8.55. The van der Waals surface area contributed by atoms with Crippen molar-refractivity contribution in [2.75, 3.05) is 6.61 Å². The number of hydrogen-bond acceptors (Lipinski definition) is 3. The maximum absolute atomic E-state index is 12.4. The van der Waals surface area contributed by atoms with Crippen LogP contribution < -0.4 is 5.32 Å². The van der Waals surface area contributed by atoms with Gasteiger partial charge >= 0.3 is 0 Å². The lowest BCUT2D eigenvalue weighted by atomic mass is 10.0. The molecular formula is C55H107NO3. The van der Waals surface area contributed by atoms with E-state index in [0.717, 1.165) is 32.1 Å². The Labute approximate surface area is 370 Å². The van der Waals surface area contributed by atoms with Crippen molar-refractivity contribution in [3.8, 4) is 0 Å². The van der Waals surface area contributed by atoms with Crippen LogP contribution in [0.15, 0.2) is 24.3 Å². The zero-order valence-electron chi connectivity index (χ0n) is 40.3. The van der Waals surface area contributed by atoms with Crippen molar-refractivity contribution in [2.24, 2.45) is 0 Å². The van der Waals surface area contributed by atoms with Crippen molar-refractivity contribution in [1.82, 2.24) is 5.32 Å². The third kappa shape index (κ3) is 47.8. The summed E-state index contributed by atoms with van der Waals surface area (Å²) in [6.07, 6.45) is 68.0. The average molecular weight is 830 g/mol. The second-order valence-corrected chi connectivity index (χ2v) is 18.7. The number of carbonyl (C=O) groups is 1. The SMILES string of the molecule is CCCCCC/C=C/CC/C=C/C(O)C(CO)NC(=O)CCCCCCCCCCCCCCCCCCCCCCCCCCCCCCCCCCCCCCC. The third-order valence-electron chi connectivity index (χ3n) is 12.7. The summed E-state index contributed by atoms with van der Waals surface area (Å²) in [4.78, 5) is 12.4. The van der Waals surface area contributed by atoms with Gasteiger partial charge in [-0.1, -0.05) is 289 Å². The smallest absolute Gasteiger partial charge is 0.220 e. The molecule has 0 aliphatic rings. The van der Waals surface area contributed by atoms with Crippen LogP contribution in [0.2, 0.25) is 0 Å². The summed E-state index contributed by atoms with van der Waals surface area (Å²) < 4.78 is 0. The Hall–Kier alpha value is -1.13. The Balaban J connectivity index is 3.33. The molecule has 2 unspecified atom stereocenters. The van der Waals surface area contributed by atoms with Gasteiger partial charge in [0.1, 0.15) is 0 Å². The van der Waals surface area contributed by atoms with Crippen molar-refractivity contribution in [3.05, 3.63) is 24.3 Å². The zero-order valence-corrected chi connectivity index (χ0v) is 40.3. The van der Waals surface area contributed by atoms with E-state index in [1.807, 2.05) is 6.08 Å². The number of aliphatic hydroxyl groups is 2. The summed E-state index contributed by atoms with van der Waals surface area (Å²) in [6.45, 7) is 4.28. The number of allylic oxidation sites excluding steroid dienone is 3. The number of aliphatic hydroxyl groups excluding tert-OH is 2. The molecule has 0 aromatic heterocycles. The number of nitrogens with one attached hydrogen (secondary N) is 1. The van der Waals surface area contributed by atoms with Crippen LogP contribution in [0.1, 0.15) is 303 Å². The molecule has 4 nitrogen and oxygen atoms in total. The fraction of sp³-hybridized carbons (Fsp3) is 0.909. The molecule has 0 rings (SSSR count). The maximum Gasteiger partial charge on any atom is 0.220 e. The van der Waals surface area contributed by atoms with Gasteiger partial charge in [-0.3, -0.25) is 4.79 Å². The number of unbranched alkanes of at least 4 members (excludes halogenated alkanes) is 41. The molecule has 3 N–H and O–H groups in total. The molecule has 0 aliphatic carbocycles. The Kier molecular flexibility index (Phi) is 50.2. The minimum absolute atomic E-state index is 0.0705. The van der Waals surface area contributed by atoms with Crippen LogP contribution in [0.4, 0.5) is 0 Å². The van der Waals surface area contributed by atoms with E-state index >= 15 is 0 Å². The predicted octanol–water partition coefficient (Wildman–Crippen LogP) is 17.5. The first-order valence-electron chi connectivity index (χ1n) is 27.1. The Morgan fingerprint density at radius 2 is 0.661 bits per heavy atom. The van der Waals surface area contributed by atoms with E-state index in [1.54, 1.807) is 6.08 Å². The van der Waals surface area contributed by atoms with Gasteiger partial charge in [0.25, 0.3) is 0 Å². The number of carbonyl (C=O) groups excluding carboxylic acids is 1. The molecule has 0 aromatic rings. The molecule has 0 aliphatic heterocycles. The summed E-state index contributed by atoms with van der Waals surface area (Å²) in [5.74, 6) is -0.0705. The highest BCUT2D eigenvalue weighted by atomic mass is 16.3. The molecular weight excluding hydrogens is 723 g/mol. The Morgan fingerprint density at radius 3 is 0.983 bits per heavy atom. The van der Waals surface area contributed by atoms with Gasteiger partial charge in [-0.2, -0.15) is 0 Å². The quantitative estimate of drug-likeness (QED) is 0.0422. The first-order chi connectivity index (χ1) is 29.2. The van der Waals surface area contributed by atoms with Crippen LogP contribution in [-0.4, -0.2) is 34.9 Å². The normalized spacial score (nSPS) is 12.9. The molecule has 2 atom stereocenters. The van der Waals surface area contributed by atoms with Gasteiger partial charge in [0.15, 0.2) is 0 Å². The highest BCUT2D eigenvalue weighted by Crippen LogP contribution is 2.18. The first kappa shape index (κ1) is 57.9. The summed E-state index contributed by atoms with van der Waals surface area (Å²) in [6, 6.07) is -0.634. The molecule has 4 heteroatoms. The molecule has 0 aromatic carbocycles. The average Bonchev–Trinajstić information content (AvgIpc) is 3.24. The van der Waals surface area contributed by atoms with Crippen molar-refractivity contribution < 1.29 is 15.0 Å². The number of amides is 1. The summed E-state index contributed by atoms with van der Waals surface area (Å²) in [5, 5.41) is 22.9. The highest BCUT2D eigenvalue weighted by molar-refractivity contribution is 5.76. The van der Waals surface area contributed by atoms with Gasteiger partial charge in [-0.25, -0.2) is 0 Å². The third-order valence-corrected chi connectivity index (χ3v) is 12.7. The van der Waals surface area contributed by atoms with Crippen molar-refractivity contribution in [1.29, 1.82) is 0 Å². The molecule has 350 valence electrons. The molecule has 0 spiro atoms. The fourth-order valence-corrected chi connectivity index (χ4v) is 8.55. The molecule has 0 heterocycles. The van der Waals surface area contributed by atoms with Crippen molar-refractivity contribution in [3.63, 3.8) is 0 Å². The zero-order chi connectivity index (χ0) is 42.8. The van der Waals surface area contributed by atoms with Crippen LogP contribution in [0.3, 0.4) is 0 Å².